The molecule has 0 aliphatic heterocycles. The summed E-state index contributed by atoms with van der Waals surface area (Å²) >= 11 is 6.05. The van der Waals surface area contributed by atoms with Crippen molar-refractivity contribution < 1.29 is 37.4 Å². The fourth-order valence-corrected chi connectivity index (χ4v) is 3.70. The van der Waals surface area contributed by atoms with Gasteiger partial charge in [0.25, 0.3) is 0 Å². The van der Waals surface area contributed by atoms with E-state index in [-0.39, 0.29) is 52.3 Å². The van der Waals surface area contributed by atoms with Crippen molar-refractivity contribution in [2.75, 3.05) is 5.88 Å². The zero-order valence-electron chi connectivity index (χ0n) is 14.9. The van der Waals surface area contributed by atoms with Gasteiger partial charge in [-0.25, -0.2) is 0 Å². The fraction of sp³-hybridized carbons (Fsp3) is 0.174. The molecule has 1 aliphatic carbocycles. The van der Waals surface area contributed by atoms with Gasteiger partial charge in [-0.15, -0.1) is 29.3 Å². The standard InChI is InChI=1S/C22H18ClO.CH3.Y/c1-2-18(14-23)24-22-20-10-6-4-8-16(20)13-17-12-11-15-7-3-5-9-19(15)21(17)22;;/h2-9,11-12,18,22H,1,13-14H2;1H3;/q2*-1;. The molecule has 0 fully saturated rings. The van der Waals surface area contributed by atoms with Gasteiger partial charge in [0.05, 0.1) is 18.1 Å². The molecule has 1 nitrogen and oxygen atoms in total. The van der Waals surface area contributed by atoms with Crippen LogP contribution in [0.15, 0.2) is 67.3 Å². The average molecular weight is 438 g/mol. The van der Waals surface area contributed by atoms with E-state index in [4.69, 9.17) is 16.3 Å². The number of hydrogen-bond donors (Lipinski definition) is 0. The number of benzene rings is 3. The Morgan fingerprint density at radius 1 is 1.15 bits per heavy atom. The smallest absolute Gasteiger partial charge is 0.0900 e. The summed E-state index contributed by atoms with van der Waals surface area (Å²) in [6.45, 7) is 3.85. The number of alkyl halides is 1. The molecule has 1 radical (unpaired) electrons. The van der Waals surface area contributed by atoms with E-state index >= 15 is 0 Å². The fourth-order valence-electron chi connectivity index (χ4n) is 3.50. The van der Waals surface area contributed by atoms with Crippen LogP contribution in [0.3, 0.4) is 0 Å². The second-order valence-electron chi connectivity index (χ2n) is 6.09. The largest absolute Gasteiger partial charge is 0.362 e. The second kappa shape index (κ2) is 9.28. The number of fused-ring (bicyclic) bond motifs is 4. The third kappa shape index (κ3) is 3.82. The van der Waals surface area contributed by atoms with Crippen LogP contribution < -0.4 is 0 Å². The van der Waals surface area contributed by atoms with Gasteiger partial charge in [0.2, 0.25) is 0 Å². The molecule has 0 aromatic heterocycles. The quantitative estimate of drug-likeness (QED) is 0.281. The first-order valence-electron chi connectivity index (χ1n) is 8.16. The van der Waals surface area contributed by atoms with Gasteiger partial charge in [-0.05, 0) is 28.3 Å². The van der Waals surface area contributed by atoms with Gasteiger partial charge in [0.1, 0.15) is 0 Å². The van der Waals surface area contributed by atoms with Gasteiger partial charge in [0.15, 0.2) is 0 Å². The van der Waals surface area contributed by atoms with Gasteiger partial charge in [-0.1, -0.05) is 42.5 Å². The topological polar surface area (TPSA) is 9.23 Å². The van der Waals surface area contributed by atoms with Gasteiger partial charge >= 0.3 is 0 Å². The van der Waals surface area contributed by atoms with E-state index < -0.39 is 0 Å². The maximum Gasteiger partial charge on any atom is 0.0900 e. The summed E-state index contributed by atoms with van der Waals surface area (Å²) in [4.78, 5) is 0. The predicted molar refractivity (Wildman–Crippen MR) is 106 cm³/mol. The van der Waals surface area contributed by atoms with E-state index in [1.807, 2.05) is 12.1 Å². The molecule has 0 saturated carbocycles. The first-order valence-corrected chi connectivity index (χ1v) is 8.69. The third-order valence-electron chi connectivity index (χ3n) is 4.67. The molecule has 26 heavy (non-hydrogen) atoms. The molecule has 2 atom stereocenters. The molecule has 0 amide bonds. The summed E-state index contributed by atoms with van der Waals surface area (Å²) in [5.74, 6) is 0.391. The summed E-state index contributed by atoms with van der Waals surface area (Å²) in [6, 6.07) is 22.4. The Bertz CT molecular complexity index is 906. The van der Waals surface area contributed by atoms with Crippen molar-refractivity contribution in [1.82, 2.24) is 0 Å². The molecule has 3 aromatic carbocycles. The van der Waals surface area contributed by atoms with E-state index in [1.54, 1.807) is 6.08 Å². The molecule has 3 aromatic rings. The first-order chi connectivity index (χ1) is 11.8. The summed E-state index contributed by atoms with van der Waals surface area (Å²) in [5, 5.41) is 2.46. The zero-order chi connectivity index (χ0) is 16.5. The van der Waals surface area contributed by atoms with Gasteiger partial charge in [0, 0.05) is 32.7 Å². The Hall–Kier alpha value is -0.986. The molecular formula is C23H21ClOY-2. The summed E-state index contributed by atoms with van der Waals surface area (Å²) in [5.41, 5.74) is 4.92. The Balaban J connectivity index is 0.00000121. The Kier molecular flexibility index (Phi) is 7.61. The maximum atomic E-state index is 6.37. The SMILES string of the molecule is C=CC(CCl)OC1c2[c-]cccc2Cc2ccc3ccccc3c21.[CH3-].[Y]. The molecule has 0 N–H and O–H groups in total. The molecule has 0 saturated heterocycles. The van der Waals surface area contributed by atoms with Gasteiger partial charge in [-0.3, -0.25) is 0 Å². The molecule has 3 heteroatoms. The van der Waals surface area contributed by atoms with Crippen LogP contribution in [0.2, 0.25) is 0 Å². The molecule has 2 unspecified atom stereocenters. The molecule has 1 aliphatic rings. The van der Waals surface area contributed by atoms with Crippen LogP contribution in [0, 0.1) is 13.5 Å². The van der Waals surface area contributed by atoms with Crippen molar-refractivity contribution in [2.24, 2.45) is 0 Å². The first kappa shape index (κ1) is 21.3. The molecular weight excluding hydrogens is 417 g/mol. The molecule has 131 valence electrons. The van der Waals surface area contributed by atoms with Crippen molar-refractivity contribution >= 4 is 22.4 Å². The Morgan fingerprint density at radius 2 is 1.96 bits per heavy atom. The van der Waals surface area contributed by atoms with Crippen LogP contribution in [0.4, 0.5) is 0 Å². The minimum atomic E-state index is -0.192. The normalized spacial score (nSPS) is 15.8. The van der Waals surface area contributed by atoms with Crippen LogP contribution in [0.25, 0.3) is 10.8 Å². The van der Waals surface area contributed by atoms with Gasteiger partial charge in [-0.2, -0.15) is 24.3 Å². The van der Waals surface area contributed by atoms with Crippen LogP contribution in [0.1, 0.15) is 28.4 Å². The predicted octanol–water partition coefficient (Wildman–Crippen LogP) is 5.89. The van der Waals surface area contributed by atoms with E-state index in [9.17, 15) is 0 Å². The summed E-state index contributed by atoms with van der Waals surface area (Å²) in [6.07, 6.45) is 2.32. The summed E-state index contributed by atoms with van der Waals surface area (Å²) < 4.78 is 6.37. The van der Waals surface area contributed by atoms with Crippen molar-refractivity contribution in [2.45, 2.75) is 18.6 Å². The van der Waals surface area contributed by atoms with Crippen molar-refractivity contribution in [3.63, 3.8) is 0 Å². The Labute approximate surface area is 186 Å². The van der Waals surface area contributed by atoms with E-state index in [0.717, 1.165) is 12.0 Å². The minimum absolute atomic E-state index is 0. The zero-order valence-corrected chi connectivity index (χ0v) is 18.5. The van der Waals surface area contributed by atoms with Crippen LogP contribution >= 0.6 is 11.6 Å². The minimum Gasteiger partial charge on any atom is -0.362 e. The van der Waals surface area contributed by atoms with E-state index in [1.165, 1.54) is 27.5 Å². The third-order valence-corrected chi connectivity index (χ3v) is 4.97. The monoisotopic (exact) mass is 437 g/mol. The molecule has 4 rings (SSSR count). The van der Waals surface area contributed by atoms with Crippen LogP contribution in [-0.2, 0) is 43.9 Å². The molecule has 0 bridgehead atoms. The average Bonchev–Trinajstić information content (AvgIpc) is 2.65. The summed E-state index contributed by atoms with van der Waals surface area (Å²) in [7, 11) is 0. The van der Waals surface area contributed by atoms with Gasteiger partial charge < -0.3 is 12.2 Å². The maximum absolute atomic E-state index is 6.37. The second-order valence-corrected chi connectivity index (χ2v) is 6.40. The number of rotatable bonds is 4. The number of hydrogen-bond acceptors (Lipinski definition) is 1. The van der Waals surface area contributed by atoms with Crippen molar-refractivity contribution in [3.8, 4) is 0 Å². The van der Waals surface area contributed by atoms with E-state index in [2.05, 4.69) is 55.1 Å². The van der Waals surface area contributed by atoms with Crippen molar-refractivity contribution in [3.05, 3.63) is 103 Å². The molecule has 0 spiro atoms. The number of halogens is 1. The Morgan fingerprint density at radius 3 is 2.73 bits per heavy atom. The number of ether oxygens (including phenoxy) is 1. The van der Waals surface area contributed by atoms with Crippen LogP contribution in [-0.4, -0.2) is 12.0 Å². The molecule has 0 heterocycles. The van der Waals surface area contributed by atoms with Crippen LogP contribution in [0.5, 0.6) is 0 Å². The van der Waals surface area contributed by atoms with Crippen molar-refractivity contribution in [1.29, 1.82) is 0 Å². The van der Waals surface area contributed by atoms with E-state index in [0.29, 0.717) is 5.88 Å².